The molecule has 30 heavy (non-hydrogen) atoms. The van der Waals surface area contributed by atoms with Crippen LogP contribution in [0.25, 0.3) is 0 Å². The molecule has 1 N–H and O–H groups in total. The summed E-state index contributed by atoms with van der Waals surface area (Å²) in [6.07, 6.45) is 3.26. The molecule has 0 aromatic heterocycles. The molecule has 0 bridgehead atoms. The lowest BCUT2D eigenvalue weighted by Crippen LogP contribution is -2.52. The number of guanidine groups is 1. The third-order valence-electron chi connectivity index (χ3n) is 5.65. The molecule has 0 radical (unpaired) electrons. The Morgan fingerprint density at radius 1 is 1.20 bits per heavy atom. The van der Waals surface area contributed by atoms with E-state index in [1.807, 2.05) is 19.2 Å². The summed E-state index contributed by atoms with van der Waals surface area (Å²) in [5.74, 6) is 2.56. The molecule has 7 nitrogen and oxygen atoms in total. The van der Waals surface area contributed by atoms with Gasteiger partial charge in [0.15, 0.2) is 5.96 Å². The Hall–Kier alpha value is -1.26. The molecule has 2 saturated heterocycles. The van der Waals surface area contributed by atoms with Crippen LogP contribution in [0, 0.1) is 5.92 Å². The van der Waals surface area contributed by atoms with Crippen molar-refractivity contribution >= 4 is 35.6 Å². The first-order valence-electron chi connectivity index (χ1n) is 10.8. The second-order valence-corrected chi connectivity index (χ2v) is 7.63. The van der Waals surface area contributed by atoms with Crippen LogP contribution in [-0.2, 0) is 9.47 Å². The molecule has 1 aromatic rings. The fourth-order valence-electron chi connectivity index (χ4n) is 3.85. The van der Waals surface area contributed by atoms with Crippen LogP contribution in [0.4, 0.5) is 5.69 Å². The Balaban J connectivity index is 0.00000320. The van der Waals surface area contributed by atoms with Crippen LogP contribution in [0.5, 0.6) is 5.75 Å². The Morgan fingerprint density at radius 3 is 2.67 bits per heavy atom. The van der Waals surface area contributed by atoms with Gasteiger partial charge in [-0.2, -0.15) is 0 Å². The van der Waals surface area contributed by atoms with Crippen LogP contribution < -0.4 is 15.0 Å². The van der Waals surface area contributed by atoms with Crippen LogP contribution in [0.15, 0.2) is 29.3 Å². The third kappa shape index (κ3) is 7.77. The van der Waals surface area contributed by atoms with E-state index in [2.05, 4.69) is 32.2 Å². The Bertz CT molecular complexity index is 633. The van der Waals surface area contributed by atoms with Crippen LogP contribution >= 0.6 is 24.0 Å². The summed E-state index contributed by atoms with van der Waals surface area (Å²) in [6.45, 7) is 8.18. The number of hydrogen-bond donors (Lipinski definition) is 1. The number of anilines is 1. The summed E-state index contributed by atoms with van der Waals surface area (Å²) in [7, 11) is 3.57. The number of aliphatic imine (C=N–C) groups is 1. The van der Waals surface area contributed by atoms with E-state index in [9.17, 15) is 0 Å². The third-order valence-corrected chi connectivity index (χ3v) is 5.65. The SMILES string of the molecule is CN=C(NCCCOCC1CCOCC1)N1CCN(c2cccc(OC)c2)CC1.I. The lowest BCUT2D eigenvalue weighted by atomic mass is 10.0. The van der Waals surface area contributed by atoms with Crippen LogP contribution in [0.2, 0.25) is 0 Å². The number of methoxy groups -OCH3 is 1. The van der Waals surface area contributed by atoms with Crippen molar-refractivity contribution in [2.75, 3.05) is 78.2 Å². The van der Waals surface area contributed by atoms with E-state index >= 15 is 0 Å². The van der Waals surface area contributed by atoms with Crippen molar-refractivity contribution in [3.05, 3.63) is 24.3 Å². The summed E-state index contributed by atoms with van der Waals surface area (Å²) in [5.41, 5.74) is 1.22. The lowest BCUT2D eigenvalue weighted by Gasteiger charge is -2.37. The highest BCUT2D eigenvalue weighted by molar-refractivity contribution is 14.0. The highest BCUT2D eigenvalue weighted by atomic mass is 127. The van der Waals surface area contributed by atoms with Gasteiger partial charge in [0.2, 0.25) is 0 Å². The standard InChI is InChI=1S/C22H36N4O3.HI/c1-23-22(24-9-4-14-29-18-19-7-15-28-16-8-19)26-12-10-25(11-13-26)20-5-3-6-21(17-20)27-2;/h3,5-6,17,19H,4,7-16,18H2,1-2H3,(H,23,24);1H. The number of hydrogen-bond acceptors (Lipinski definition) is 5. The minimum atomic E-state index is 0. The highest BCUT2D eigenvalue weighted by Gasteiger charge is 2.20. The maximum Gasteiger partial charge on any atom is 0.193 e. The molecule has 8 heteroatoms. The van der Waals surface area contributed by atoms with E-state index in [-0.39, 0.29) is 24.0 Å². The first-order valence-corrected chi connectivity index (χ1v) is 10.8. The van der Waals surface area contributed by atoms with Gasteiger partial charge in [0.25, 0.3) is 0 Å². The molecule has 170 valence electrons. The van der Waals surface area contributed by atoms with Gasteiger partial charge in [0.05, 0.1) is 7.11 Å². The molecule has 2 heterocycles. The topological polar surface area (TPSA) is 58.6 Å². The molecule has 0 atom stereocenters. The summed E-state index contributed by atoms with van der Waals surface area (Å²) >= 11 is 0. The largest absolute Gasteiger partial charge is 0.497 e. The van der Waals surface area contributed by atoms with Crippen molar-refractivity contribution in [2.24, 2.45) is 10.9 Å². The second-order valence-electron chi connectivity index (χ2n) is 7.63. The summed E-state index contributed by atoms with van der Waals surface area (Å²) in [4.78, 5) is 9.20. The van der Waals surface area contributed by atoms with E-state index in [4.69, 9.17) is 14.2 Å². The van der Waals surface area contributed by atoms with Gasteiger partial charge in [0, 0.05) is 78.0 Å². The zero-order valence-corrected chi connectivity index (χ0v) is 20.7. The lowest BCUT2D eigenvalue weighted by molar-refractivity contribution is 0.0203. The predicted molar refractivity (Wildman–Crippen MR) is 133 cm³/mol. The van der Waals surface area contributed by atoms with E-state index in [1.54, 1.807) is 7.11 Å². The molecule has 0 aliphatic carbocycles. The fraction of sp³-hybridized carbons (Fsp3) is 0.682. The van der Waals surface area contributed by atoms with Gasteiger partial charge < -0.3 is 29.3 Å². The zero-order valence-electron chi connectivity index (χ0n) is 18.3. The monoisotopic (exact) mass is 532 g/mol. The average molecular weight is 532 g/mol. The molecule has 0 saturated carbocycles. The zero-order chi connectivity index (χ0) is 20.3. The summed E-state index contributed by atoms with van der Waals surface area (Å²) in [5, 5.41) is 3.49. The fourth-order valence-corrected chi connectivity index (χ4v) is 3.85. The first kappa shape index (κ1) is 25.0. The van der Waals surface area contributed by atoms with Gasteiger partial charge in [-0.05, 0) is 37.3 Å². The molecular formula is C22H37IN4O3. The van der Waals surface area contributed by atoms with Crippen molar-refractivity contribution in [3.8, 4) is 5.75 Å². The van der Waals surface area contributed by atoms with Crippen molar-refractivity contribution in [2.45, 2.75) is 19.3 Å². The predicted octanol–water partition coefficient (Wildman–Crippen LogP) is 2.84. The Morgan fingerprint density at radius 2 is 1.97 bits per heavy atom. The van der Waals surface area contributed by atoms with Gasteiger partial charge >= 0.3 is 0 Å². The van der Waals surface area contributed by atoms with E-state index in [1.165, 1.54) is 5.69 Å². The minimum absolute atomic E-state index is 0. The van der Waals surface area contributed by atoms with Gasteiger partial charge in [-0.15, -0.1) is 24.0 Å². The molecule has 2 fully saturated rings. The minimum Gasteiger partial charge on any atom is -0.497 e. The Kier molecular flexibility index (Phi) is 11.6. The molecule has 2 aliphatic rings. The van der Waals surface area contributed by atoms with Crippen molar-refractivity contribution in [3.63, 3.8) is 0 Å². The summed E-state index contributed by atoms with van der Waals surface area (Å²) < 4.78 is 16.6. The van der Waals surface area contributed by atoms with E-state index < -0.39 is 0 Å². The molecular weight excluding hydrogens is 495 g/mol. The molecule has 0 amide bonds. The Labute approximate surface area is 198 Å². The number of benzene rings is 1. The van der Waals surface area contributed by atoms with Crippen LogP contribution in [-0.4, -0.2) is 84.2 Å². The summed E-state index contributed by atoms with van der Waals surface area (Å²) in [6, 6.07) is 8.28. The molecule has 3 rings (SSSR count). The quantitative estimate of drug-likeness (QED) is 0.241. The van der Waals surface area contributed by atoms with E-state index in [0.717, 1.165) is 90.1 Å². The average Bonchev–Trinajstić information content (AvgIpc) is 2.79. The van der Waals surface area contributed by atoms with Gasteiger partial charge in [-0.3, -0.25) is 4.99 Å². The van der Waals surface area contributed by atoms with Crippen molar-refractivity contribution in [1.29, 1.82) is 0 Å². The maximum atomic E-state index is 5.85. The maximum absolute atomic E-state index is 5.85. The van der Waals surface area contributed by atoms with Crippen LogP contribution in [0.1, 0.15) is 19.3 Å². The molecule has 0 spiro atoms. The second kappa shape index (κ2) is 13.9. The number of nitrogens with zero attached hydrogens (tertiary/aromatic N) is 3. The number of ether oxygens (including phenoxy) is 3. The van der Waals surface area contributed by atoms with Gasteiger partial charge in [0.1, 0.15) is 5.75 Å². The van der Waals surface area contributed by atoms with Crippen molar-refractivity contribution < 1.29 is 14.2 Å². The highest BCUT2D eigenvalue weighted by Crippen LogP contribution is 2.22. The molecule has 0 unspecified atom stereocenters. The number of nitrogens with one attached hydrogen (secondary N) is 1. The first-order chi connectivity index (χ1) is 14.3. The van der Waals surface area contributed by atoms with Crippen molar-refractivity contribution in [1.82, 2.24) is 10.2 Å². The number of rotatable bonds is 8. The number of piperazine rings is 1. The van der Waals surface area contributed by atoms with Gasteiger partial charge in [-0.1, -0.05) is 6.07 Å². The van der Waals surface area contributed by atoms with Crippen LogP contribution in [0.3, 0.4) is 0 Å². The molecule has 1 aromatic carbocycles. The molecule has 2 aliphatic heterocycles. The normalized spacial score (nSPS) is 18.1. The number of halogens is 1. The van der Waals surface area contributed by atoms with E-state index in [0.29, 0.717) is 5.92 Å². The van der Waals surface area contributed by atoms with Gasteiger partial charge in [-0.25, -0.2) is 0 Å². The smallest absolute Gasteiger partial charge is 0.193 e.